The topological polar surface area (TPSA) is 150 Å². The summed E-state index contributed by atoms with van der Waals surface area (Å²) in [7, 11) is -2.69. The maximum atomic E-state index is 12.8. The van der Waals surface area contributed by atoms with E-state index in [1.54, 1.807) is 12.1 Å². The van der Waals surface area contributed by atoms with Gasteiger partial charge in [0.05, 0.1) is 34.3 Å². The van der Waals surface area contributed by atoms with Gasteiger partial charge in [-0.05, 0) is 43.2 Å². The number of rotatable bonds is 9. The van der Waals surface area contributed by atoms with Gasteiger partial charge < -0.3 is 20.0 Å². The van der Waals surface area contributed by atoms with Crippen molar-refractivity contribution in [2.75, 3.05) is 18.4 Å². The second-order valence-corrected chi connectivity index (χ2v) is 8.41. The van der Waals surface area contributed by atoms with Crippen molar-refractivity contribution in [3.63, 3.8) is 0 Å². The molecule has 2 aromatic carbocycles. The van der Waals surface area contributed by atoms with Crippen molar-refractivity contribution in [1.29, 1.82) is 0 Å². The molecule has 0 saturated heterocycles. The molecule has 0 saturated carbocycles. The molecule has 0 radical (unpaired) electrons. The first kappa shape index (κ1) is 22.1. The summed E-state index contributed by atoms with van der Waals surface area (Å²) in [5.41, 5.74) is 0.681. The molecular formula is C20H22N4O6S. The van der Waals surface area contributed by atoms with E-state index in [-0.39, 0.29) is 28.5 Å². The number of aromatic nitrogens is 2. The summed E-state index contributed by atoms with van der Waals surface area (Å²) >= 11 is 0. The number of imidazole rings is 1. The fourth-order valence-electron chi connectivity index (χ4n) is 2.95. The number of amides is 1. The molecule has 0 unspecified atom stereocenters. The fraction of sp³-hybridized carbons (Fsp3) is 0.250. The highest BCUT2D eigenvalue weighted by molar-refractivity contribution is 7.92. The minimum absolute atomic E-state index is 0.0618. The summed E-state index contributed by atoms with van der Waals surface area (Å²) in [6.45, 7) is 0.328. The number of nitrogens with one attached hydrogen (secondary N) is 4. The third-order valence-electron chi connectivity index (χ3n) is 4.53. The maximum absolute atomic E-state index is 12.8. The molecule has 10 nitrogen and oxygen atoms in total. The number of carbonyl (C=O) groups is 2. The zero-order valence-corrected chi connectivity index (χ0v) is 17.5. The first-order chi connectivity index (χ1) is 14.8. The normalized spacial score (nSPS) is 11.3. The lowest BCUT2D eigenvalue weighted by Gasteiger charge is -2.13. The quantitative estimate of drug-likeness (QED) is 0.290. The van der Waals surface area contributed by atoms with Crippen molar-refractivity contribution in [1.82, 2.24) is 15.3 Å². The molecule has 0 aliphatic rings. The van der Waals surface area contributed by atoms with Crippen LogP contribution in [0.5, 0.6) is 0 Å². The summed E-state index contributed by atoms with van der Waals surface area (Å²) < 4.78 is 32.6. The molecule has 1 aromatic heterocycles. The van der Waals surface area contributed by atoms with E-state index in [0.29, 0.717) is 30.4 Å². The Morgan fingerprint density at radius 3 is 2.55 bits per heavy atom. The number of para-hydroxylation sites is 1. The largest absolute Gasteiger partial charge is 0.469 e. The predicted molar refractivity (Wildman–Crippen MR) is 114 cm³/mol. The summed E-state index contributed by atoms with van der Waals surface area (Å²) in [6.07, 6.45) is 1.40. The van der Waals surface area contributed by atoms with Gasteiger partial charge in [0, 0.05) is 13.0 Å². The molecule has 0 bridgehead atoms. The second-order valence-electron chi connectivity index (χ2n) is 6.73. The second kappa shape index (κ2) is 9.47. The van der Waals surface area contributed by atoms with E-state index in [9.17, 15) is 22.8 Å². The molecule has 0 fully saturated rings. The number of hydrogen-bond donors (Lipinski definition) is 4. The van der Waals surface area contributed by atoms with E-state index in [4.69, 9.17) is 0 Å². The number of benzene rings is 2. The van der Waals surface area contributed by atoms with Gasteiger partial charge >= 0.3 is 11.7 Å². The molecule has 3 aromatic rings. The molecule has 4 N–H and O–H groups in total. The number of H-pyrrole nitrogens is 2. The highest BCUT2D eigenvalue weighted by atomic mass is 32.2. The Labute approximate surface area is 178 Å². The van der Waals surface area contributed by atoms with Gasteiger partial charge in [-0.2, -0.15) is 0 Å². The van der Waals surface area contributed by atoms with Gasteiger partial charge in [0.15, 0.2) is 0 Å². The van der Waals surface area contributed by atoms with E-state index in [1.807, 2.05) is 0 Å². The number of sulfonamides is 1. The van der Waals surface area contributed by atoms with Gasteiger partial charge in [0.25, 0.3) is 15.9 Å². The third-order valence-corrected chi connectivity index (χ3v) is 5.90. The Morgan fingerprint density at radius 1 is 1.03 bits per heavy atom. The maximum Gasteiger partial charge on any atom is 0.323 e. The highest BCUT2D eigenvalue weighted by Crippen LogP contribution is 2.22. The van der Waals surface area contributed by atoms with Gasteiger partial charge in [0.2, 0.25) is 0 Å². The molecule has 0 atom stereocenters. The predicted octanol–water partition coefficient (Wildman–Crippen LogP) is 1.73. The number of methoxy groups -OCH3 is 1. The van der Waals surface area contributed by atoms with Crippen molar-refractivity contribution in [3.8, 4) is 0 Å². The van der Waals surface area contributed by atoms with Gasteiger partial charge in [-0.25, -0.2) is 13.2 Å². The van der Waals surface area contributed by atoms with Gasteiger partial charge in [-0.15, -0.1) is 0 Å². The summed E-state index contributed by atoms with van der Waals surface area (Å²) in [5, 5.41) is 2.71. The van der Waals surface area contributed by atoms with E-state index >= 15 is 0 Å². The SMILES string of the molecule is COC(=O)CCCCNC(=O)c1ccccc1NS(=O)(=O)c1ccc2[nH]c(=O)[nH]c2c1. The van der Waals surface area contributed by atoms with E-state index in [0.717, 1.165) is 0 Å². The van der Waals surface area contributed by atoms with Crippen LogP contribution in [0.15, 0.2) is 52.2 Å². The average molecular weight is 446 g/mol. The van der Waals surface area contributed by atoms with Crippen LogP contribution in [-0.4, -0.2) is 43.9 Å². The number of carbonyl (C=O) groups excluding carboxylic acids is 2. The molecule has 164 valence electrons. The van der Waals surface area contributed by atoms with Gasteiger partial charge in [-0.3, -0.25) is 14.3 Å². The van der Waals surface area contributed by atoms with Crippen LogP contribution in [0, 0.1) is 0 Å². The Hall–Kier alpha value is -3.60. The van der Waals surface area contributed by atoms with Crippen LogP contribution >= 0.6 is 0 Å². The Morgan fingerprint density at radius 2 is 1.77 bits per heavy atom. The number of esters is 1. The third kappa shape index (κ3) is 5.51. The molecule has 0 spiro atoms. The Bertz CT molecular complexity index is 1260. The van der Waals surface area contributed by atoms with E-state index in [1.165, 1.54) is 37.4 Å². The van der Waals surface area contributed by atoms with Crippen LogP contribution in [0.1, 0.15) is 29.6 Å². The van der Waals surface area contributed by atoms with Crippen LogP contribution in [0.3, 0.4) is 0 Å². The lowest BCUT2D eigenvalue weighted by atomic mass is 10.1. The van der Waals surface area contributed by atoms with Gasteiger partial charge in [0.1, 0.15) is 0 Å². The van der Waals surface area contributed by atoms with E-state index in [2.05, 4.69) is 24.7 Å². The van der Waals surface area contributed by atoms with Gasteiger partial charge in [-0.1, -0.05) is 12.1 Å². The minimum Gasteiger partial charge on any atom is -0.469 e. The van der Waals surface area contributed by atoms with Crippen molar-refractivity contribution in [3.05, 3.63) is 58.5 Å². The summed E-state index contributed by atoms with van der Waals surface area (Å²) in [4.78, 5) is 40.0. The molecule has 1 heterocycles. The fourth-order valence-corrected chi connectivity index (χ4v) is 4.05. The smallest absolute Gasteiger partial charge is 0.323 e. The lowest BCUT2D eigenvalue weighted by Crippen LogP contribution is -2.26. The zero-order chi connectivity index (χ0) is 22.4. The average Bonchev–Trinajstić information content (AvgIpc) is 3.12. The number of hydrogen-bond acceptors (Lipinski definition) is 6. The molecule has 11 heteroatoms. The zero-order valence-electron chi connectivity index (χ0n) is 16.7. The van der Waals surface area contributed by atoms with Crippen molar-refractivity contribution in [2.24, 2.45) is 0 Å². The number of ether oxygens (including phenoxy) is 1. The summed E-state index contributed by atoms with van der Waals surface area (Å²) in [6, 6.07) is 10.4. The Balaban J connectivity index is 1.70. The minimum atomic E-state index is -4.01. The van der Waals surface area contributed by atoms with E-state index < -0.39 is 21.6 Å². The van der Waals surface area contributed by atoms with Crippen molar-refractivity contribution in [2.45, 2.75) is 24.2 Å². The van der Waals surface area contributed by atoms with Crippen LogP contribution < -0.4 is 15.7 Å². The van der Waals surface area contributed by atoms with Crippen molar-refractivity contribution >= 4 is 38.6 Å². The lowest BCUT2D eigenvalue weighted by molar-refractivity contribution is -0.140. The molecule has 3 rings (SSSR count). The monoisotopic (exact) mass is 446 g/mol. The molecular weight excluding hydrogens is 424 g/mol. The molecule has 31 heavy (non-hydrogen) atoms. The standard InChI is InChI=1S/C20H22N4O6S/c1-30-18(25)8-4-5-11-21-19(26)14-6-2-3-7-15(14)24-31(28,29)13-9-10-16-17(12-13)23-20(27)22-16/h2-3,6-7,9-10,12,24H,4-5,8,11H2,1H3,(H,21,26)(H2,22,23,27). The summed E-state index contributed by atoms with van der Waals surface area (Å²) in [5.74, 6) is -0.755. The highest BCUT2D eigenvalue weighted by Gasteiger charge is 2.19. The first-order valence-electron chi connectivity index (χ1n) is 9.49. The molecule has 0 aliphatic carbocycles. The number of unbranched alkanes of at least 4 members (excludes halogenated alkanes) is 1. The van der Waals surface area contributed by atoms with Crippen LogP contribution in [0.2, 0.25) is 0 Å². The number of anilines is 1. The molecule has 1 amide bonds. The van der Waals surface area contributed by atoms with Crippen LogP contribution in [-0.2, 0) is 19.6 Å². The Kier molecular flexibility index (Phi) is 6.75. The van der Waals surface area contributed by atoms with Crippen LogP contribution in [0.25, 0.3) is 11.0 Å². The number of fused-ring (bicyclic) bond motifs is 1. The van der Waals surface area contributed by atoms with Crippen molar-refractivity contribution < 1.29 is 22.7 Å². The van der Waals surface area contributed by atoms with Crippen LogP contribution in [0.4, 0.5) is 5.69 Å². The number of aromatic amines is 2. The first-order valence-corrected chi connectivity index (χ1v) is 11.0. The molecule has 0 aliphatic heterocycles.